The van der Waals surface area contributed by atoms with Crippen LogP contribution in [0.1, 0.15) is 15.9 Å². The Hall–Kier alpha value is -2.68. The minimum atomic E-state index is -4.72. The third kappa shape index (κ3) is 4.41. The largest absolute Gasteiger partial charge is 0.461 e. The number of rotatable bonds is 6. The van der Waals surface area contributed by atoms with Crippen molar-refractivity contribution >= 4 is 5.91 Å². The van der Waals surface area contributed by atoms with Gasteiger partial charge in [-0.2, -0.15) is 17.6 Å². The molecule has 1 aliphatic heterocycles. The minimum Gasteiger partial charge on any atom is -0.427 e. The van der Waals surface area contributed by atoms with Crippen molar-refractivity contribution in [3.8, 4) is 5.75 Å². The van der Waals surface area contributed by atoms with E-state index >= 15 is 0 Å². The van der Waals surface area contributed by atoms with Gasteiger partial charge < -0.3 is 14.7 Å². The smallest absolute Gasteiger partial charge is 0.427 e. The average Bonchev–Trinajstić information content (AvgIpc) is 3.02. The second-order valence-electron chi connectivity index (χ2n) is 6.56. The molecule has 2 heterocycles. The summed E-state index contributed by atoms with van der Waals surface area (Å²) in [5.74, 6) is -1.55. The molecule has 0 radical (unpaired) electrons. The van der Waals surface area contributed by atoms with Gasteiger partial charge in [0, 0.05) is 31.4 Å². The maximum Gasteiger partial charge on any atom is 0.461 e. The molecule has 1 saturated heterocycles. The number of hydrogen-bond acceptors (Lipinski definition) is 4. The van der Waals surface area contributed by atoms with Gasteiger partial charge in [0.1, 0.15) is 5.75 Å². The van der Waals surface area contributed by atoms with E-state index in [-0.39, 0.29) is 24.6 Å². The number of hydrogen-bond donors (Lipinski definition) is 1. The first kappa shape index (κ1) is 20.1. The number of ether oxygens (including phenoxy) is 1. The van der Waals surface area contributed by atoms with Crippen molar-refractivity contribution in [1.29, 1.82) is 0 Å². The molecule has 0 bridgehead atoms. The van der Waals surface area contributed by atoms with E-state index < -0.39 is 30.3 Å². The predicted molar refractivity (Wildman–Crippen MR) is 91.4 cm³/mol. The Morgan fingerprint density at radius 1 is 1.21 bits per heavy atom. The Morgan fingerprint density at radius 3 is 2.57 bits per heavy atom. The Labute approximate surface area is 158 Å². The number of nitrogens with zero attached hydrogens (tertiary/aromatic N) is 2. The van der Waals surface area contributed by atoms with Crippen molar-refractivity contribution in [3.05, 3.63) is 59.9 Å². The van der Waals surface area contributed by atoms with Gasteiger partial charge in [0.2, 0.25) is 0 Å². The van der Waals surface area contributed by atoms with Gasteiger partial charge in [-0.25, -0.2) is 0 Å². The molecule has 5 nitrogen and oxygen atoms in total. The molecular formula is C19H18F4N2O3. The van der Waals surface area contributed by atoms with Gasteiger partial charge in [0.25, 0.3) is 5.91 Å². The zero-order valence-electron chi connectivity index (χ0n) is 14.6. The first-order chi connectivity index (χ1) is 13.3. The van der Waals surface area contributed by atoms with E-state index in [1.807, 2.05) is 0 Å². The first-order valence-corrected chi connectivity index (χ1v) is 8.58. The van der Waals surface area contributed by atoms with E-state index in [1.54, 1.807) is 24.5 Å². The monoisotopic (exact) mass is 398 g/mol. The van der Waals surface area contributed by atoms with Crippen LogP contribution in [0.15, 0.2) is 48.8 Å². The van der Waals surface area contributed by atoms with Crippen LogP contribution in [0.25, 0.3) is 0 Å². The number of carbonyl (C=O) groups excluding carboxylic acids is 1. The van der Waals surface area contributed by atoms with Crippen LogP contribution in [-0.2, 0) is 6.42 Å². The number of halogens is 4. The second kappa shape index (κ2) is 8.14. The van der Waals surface area contributed by atoms with Crippen LogP contribution in [0.3, 0.4) is 0 Å². The first-order valence-electron chi connectivity index (χ1n) is 8.58. The number of β-amino-alcohol motifs (C(OH)–C–C–N with tert-alkyl or cyclic N) is 1. The number of aliphatic hydroxyl groups excluding tert-OH is 1. The molecule has 1 aromatic carbocycles. The molecule has 1 fully saturated rings. The Kier molecular flexibility index (Phi) is 5.83. The van der Waals surface area contributed by atoms with Crippen molar-refractivity contribution < 1.29 is 32.2 Å². The Bertz CT molecular complexity index is 820. The lowest BCUT2D eigenvalue weighted by Crippen LogP contribution is -2.35. The highest BCUT2D eigenvalue weighted by Crippen LogP contribution is 2.31. The van der Waals surface area contributed by atoms with E-state index in [1.165, 1.54) is 23.1 Å². The van der Waals surface area contributed by atoms with Gasteiger partial charge in [-0.05, 0) is 36.2 Å². The van der Waals surface area contributed by atoms with Crippen LogP contribution < -0.4 is 4.74 Å². The van der Waals surface area contributed by atoms with Crippen LogP contribution in [-0.4, -0.2) is 52.6 Å². The van der Waals surface area contributed by atoms with Crippen LogP contribution in [0.2, 0.25) is 0 Å². The second-order valence-corrected chi connectivity index (χ2v) is 6.56. The SMILES string of the molecule is O=C(c1ccccc1OC(F)(F)C(F)F)N1C[C@@H](Cc2ccncc2)[C@H](O)C1. The molecule has 1 amide bonds. The Morgan fingerprint density at radius 2 is 1.89 bits per heavy atom. The highest BCUT2D eigenvalue weighted by Gasteiger charge is 2.45. The lowest BCUT2D eigenvalue weighted by atomic mass is 9.97. The standard InChI is InChI=1S/C19H18F4N2O3/c20-18(21)19(22,23)28-16-4-2-1-3-14(16)17(27)25-10-13(15(26)11-25)9-12-5-7-24-8-6-12/h1-8,13,15,18,26H,9-11H2/t13-,15-/m1/s1. The topological polar surface area (TPSA) is 62.7 Å². The van der Waals surface area contributed by atoms with Gasteiger partial charge in [0.05, 0.1) is 11.7 Å². The summed E-state index contributed by atoms with van der Waals surface area (Å²) in [7, 11) is 0. The Balaban J connectivity index is 1.74. The van der Waals surface area contributed by atoms with E-state index in [9.17, 15) is 27.5 Å². The molecule has 3 rings (SSSR count). The molecule has 2 aromatic rings. The van der Waals surface area contributed by atoms with Gasteiger partial charge in [-0.1, -0.05) is 12.1 Å². The summed E-state index contributed by atoms with van der Waals surface area (Å²) in [4.78, 5) is 18.0. The number of benzene rings is 1. The number of pyridine rings is 1. The number of amides is 1. The molecule has 1 aromatic heterocycles. The van der Waals surface area contributed by atoms with Gasteiger partial charge >= 0.3 is 12.5 Å². The van der Waals surface area contributed by atoms with Gasteiger partial charge in [0.15, 0.2) is 0 Å². The van der Waals surface area contributed by atoms with Gasteiger partial charge in [-0.3, -0.25) is 9.78 Å². The van der Waals surface area contributed by atoms with Crippen molar-refractivity contribution in [2.45, 2.75) is 25.1 Å². The molecule has 9 heteroatoms. The number of aromatic nitrogens is 1. The molecule has 0 saturated carbocycles. The quantitative estimate of drug-likeness (QED) is 0.760. The van der Waals surface area contributed by atoms with Crippen LogP contribution in [0.5, 0.6) is 5.75 Å². The van der Waals surface area contributed by atoms with Crippen LogP contribution in [0, 0.1) is 5.92 Å². The van der Waals surface area contributed by atoms with Gasteiger partial charge in [-0.15, -0.1) is 0 Å². The molecule has 0 spiro atoms. The zero-order valence-corrected chi connectivity index (χ0v) is 14.6. The third-order valence-electron chi connectivity index (χ3n) is 4.56. The summed E-state index contributed by atoms with van der Waals surface area (Å²) in [5.41, 5.74) is 0.674. The molecule has 2 atom stereocenters. The third-order valence-corrected chi connectivity index (χ3v) is 4.56. The molecule has 1 N–H and O–H groups in total. The summed E-state index contributed by atoms with van der Waals surface area (Å²) < 4.78 is 55.5. The van der Waals surface area contributed by atoms with E-state index in [2.05, 4.69) is 9.72 Å². The maximum absolute atomic E-state index is 13.3. The summed E-state index contributed by atoms with van der Waals surface area (Å²) >= 11 is 0. The molecule has 1 aliphatic rings. The molecule has 150 valence electrons. The average molecular weight is 398 g/mol. The fraction of sp³-hybridized carbons (Fsp3) is 0.368. The lowest BCUT2D eigenvalue weighted by Gasteiger charge is -2.21. The summed E-state index contributed by atoms with van der Waals surface area (Å²) in [5, 5.41) is 10.3. The number of aliphatic hydroxyl groups is 1. The fourth-order valence-corrected chi connectivity index (χ4v) is 3.14. The number of likely N-dealkylation sites (tertiary alicyclic amines) is 1. The van der Waals surface area contributed by atoms with Crippen molar-refractivity contribution in [1.82, 2.24) is 9.88 Å². The van der Waals surface area contributed by atoms with E-state index in [4.69, 9.17) is 0 Å². The van der Waals surface area contributed by atoms with E-state index in [0.29, 0.717) is 6.42 Å². The van der Waals surface area contributed by atoms with Crippen molar-refractivity contribution in [2.24, 2.45) is 5.92 Å². The maximum atomic E-state index is 13.3. The highest BCUT2D eigenvalue weighted by molar-refractivity contribution is 5.97. The minimum absolute atomic E-state index is 0.00809. The molecule has 28 heavy (non-hydrogen) atoms. The molecule has 0 aliphatic carbocycles. The molecule has 0 unspecified atom stereocenters. The molecular weight excluding hydrogens is 380 g/mol. The summed E-state index contributed by atoms with van der Waals surface area (Å²) in [6.07, 6.45) is -5.80. The van der Waals surface area contributed by atoms with E-state index in [0.717, 1.165) is 11.6 Å². The fourth-order valence-electron chi connectivity index (χ4n) is 3.14. The van der Waals surface area contributed by atoms with Crippen molar-refractivity contribution in [3.63, 3.8) is 0 Å². The highest BCUT2D eigenvalue weighted by atomic mass is 19.3. The lowest BCUT2D eigenvalue weighted by molar-refractivity contribution is -0.253. The number of para-hydroxylation sites is 1. The normalized spacial score (nSPS) is 19.9. The number of alkyl halides is 4. The summed E-state index contributed by atoms with van der Waals surface area (Å²) in [6, 6.07) is 8.58. The zero-order chi connectivity index (χ0) is 20.3. The number of carbonyl (C=O) groups is 1. The van der Waals surface area contributed by atoms with Crippen LogP contribution >= 0.6 is 0 Å². The van der Waals surface area contributed by atoms with Crippen molar-refractivity contribution in [2.75, 3.05) is 13.1 Å². The summed E-state index contributed by atoms with van der Waals surface area (Å²) in [6.45, 7) is 0.204. The van der Waals surface area contributed by atoms with Crippen LogP contribution in [0.4, 0.5) is 17.6 Å². The predicted octanol–water partition coefficient (Wildman–Crippen LogP) is 2.99.